The van der Waals surface area contributed by atoms with Gasteiger partial charge in [-0.25, -0.2) is 4.98 Å². The number of amides is 1. The molecule has 3 N–H and O–H groups in total. The van der Waals surface area contributed by atoms with Gasteiger partial charge in [0.2, 0.25) is 5.91 Å². The van der Waals surface area contributed by atoms with E-state index in [0.29, 0.717) is 6.54 Å². The van der Waals surface area contributed by atoms with Gasteiger partial charge in [-0.1, -0.05) is 6.42 Å². The molecule has 1 aromatic rings. The SMILES string of the molecule is CN=C(NCc1ncnn1C)NC1CCCC(C(=O)NC(C)C)C1.I. The second kappa shape index (κ2) is 10.6. The third kappa shape index (κ3) is 6.79. The normalized spacial score (nSPS) is 20.8. The van der Waals surface area contributed by atoms with Crippen LogP contribution < -0.4 is 16.0 Å². The predicted octanol–water partition coefficient (Wildman–Crippen LogP) is 1.18. The maximum absolute atomic E-state index is 12.2. The molecule has 1 saturated carbocycles. The Bertz CT molecular complexity index is 573. The zero-order valence-electron chi connectivity index (χ0n) is 15.5. The van der Waals surface area contributed by atoms with Crippen LogP contribution in [0.3, 0.4) is 0 Å². The molecule has 1 aromatic heterocycles. The van der Waals surface area contributed by atoms with Crippen LogP contribution in [0.25, 0.3) is 0 Å². The molecule has 2 unspecified atom stereocenters. The Morgan fingerprint density at radius 1 is 1.44 bits per heavy atom. The topological polar surface area (TPSA) is 96.2 Å². The third-order valence-electron chi connectivity index (χ3n) is 4.26. The fourth-order valence-corrected chi connectivity index (χ4v) is 2.99. The molecule has 0 aromatic carbocycles. The van der Waals surface area contributed by atoms with Crippen molar-refractivity contribution in [2.45, 2.75) is 58.2 Å². The van der Waals surface area contributed by atoms with E-state index >= 15 is 0 Å². The molecule has 2 atom stereocenters. The van der Waals surface area contributed by atoms with Crippen LogP contribution in [0.1, 0.15) is 45.4 Å². The Kier molecular flexibility index (Phi) is 9.15. The van der Waals surface area contributed by atoms with Crippen LogP contribution in [-0.4, -0.2) is 45.8 Å². The first-order chi connectivity index (χ1) is 11.5. The predicted molar refractivity (Wildman–Crippen MR) is 109 cm³/mol. The van der Waals surface area contributed by atoms with Crippen molar-refractivity contribution >= 4 is 35.8 Å². The molecule has 9 heteroatoms. The average Bonchev–Trinajstić information content (AvgIpc) is 2.96. The van der Waals surface area contributed by atoms with Crippen LogP contribution in [-0.2, 0) is 18.4 Å². The van der Waals surface area contributed by atoms with Crippen molar-refractivity contribution in [1.82, 2.24) is 30.7 Å². The van der Waals surface area contributed by atoms with E-state index in [2.05, 4.69) is 31.0 Å². The molecule has 0 bridgehead atoms. The monoisotopic (exact) mass is 463 g/mol. The summed E-state index contributed by atoms with van der Waals surface area (Å²) in [4.78, 5) is 20.7. The fourth-order valence-electron chi connectivity index (χ4n) is 2.99. The second-order valence-electron chi connectivity index (χ2n) is 6.59. The minimum atomic E-state index is 0. The quantitative estimate of drug-likeness (QED) is 0.346. The zero-order chi connectivity index (χ0) is 17.5. The Morgan fingerprint density at radius 2 is 2.20 bits per heavy atom. The number of rotatable bonds is 5. The molecule has 142 valence electrons. The highest BCUT2D eigenvalue weighted by atomic mass is 127. The number of guanidine groups is 1. The van der Waals surface area contributed by atoms with Crippen molar-refractivity contribution < 1.29 is 4.79 Å². The van der Waals surface area contributed by atoms with E-state index in [-0.39, 0.29) is 47.9 Å². The van der Waals surface area contributed by atoms with Gasteiger partial charge in [0.25, 0.3) is 0 Å². The molecule has 25 heavy (non-hydrogen) atoms. The molecule has 0 spiro atoms. The Hall–Kier alpha value is -1.39. The van der Waals surface area contributed by atoms with E-state index in [1.165, 1.54) is 6.33 Å². The van der Waals surface area contributed by atoms with E-state index in [4.69, 9.17) is 0 Å². The first kappa shape index (κ1) is 21.7. The van der Waals surface area contributed by atoms with Crippen molar-refractivity contribution in [3.8, 4) is 0 Å². The fraction of sp³-hybridized carbons (Fsp3) is 0.750. The summed E-state index contributed by atoms with van der Waals surface area (Å²) < 4.78 is 1.73. The van der Waals surface area contributed by atoms with Crippen LogP contribution in [0.2, 0.25) is 0 Å². The number of nitrogens with one attached hydrogen (secondary N) is 3. The molecule has 0 saturated heterocycles. The summed E-state index contributed by atoms with van der Waals surface area (Å²) >= 11 is 0. The molecule has 1 amide bonds. The first-order valence-corrected chi connectivity index (χ1v) is 8.60. The molecule has 1 heterocycles. The number of halogens is 1. The standard InChI is InChI=1S/C16H29N7O.HI/c1-11(2)21-15(24)12-6-5-7-13(8-12)22-16(17-3)18-9-14-19-10-20-23(14)4;/h10-13H,5-9H2,1-4H3,(H,21,24)(H2,17,18,22);1H. The van der Waals surface area contributed by atoms with Gasteiger partial charge in [-0.2, -0.15) is 5.10 Å². The van der Waals surface area contributed by atoms with Gasteiger partial charge in [-0.15, -0.1) is 24.0 Å². The van der Waals surface area contributed by atoms with Crippen molar-refractivity contribution in [2.75, 3.05) is 7.05 Å². The van der Waals surface area contributed by atoms with E-state index in [1.54, 1.807) is 11.7 Å². The number of hydrogen-bond acceptors (Lipinski definition) is 4. The van der Waals surface area contributed by atoms with E-state index < -0.39 is 0 Å². The number of aliphatic imine (C=N–C) groups is 1. The summed E-state index contributed by atoms with van der Waals surface area (Å²) in [6.07, 6.45) is 5.43. The van der Waals surface area contributed by atoms with Gasteiger partial charge in [0.1, 0.15) is 12.2 Å². The van der Waals surface area contributed by atoms with Gasteiger partial charge >= 0.3 is 0 Å². The molecule has 2 rings (SSSR count). The van der Waals surface area contributed by atoms with Crippen LogP contribution in [0, 0.1) is 5.92 Å². The molecule has 0 aliphatic heterocycles. The summed E-state index contributed by atoms with van der Waals surface area (Å²) in [7, 11) is 3.61. The number of aryl methyl sites for hydroxylation is 1. The lowest BCUT2D eigenvalue weighted by Crippen LogP contribution is -2.47. The Labute approximate surface area is 166 Å². The van der Waals surface area contributed by atoms with Gasteiger partial charge in [0.15, 0.2) is 5.96 Å². The Balaban J connectivity index is 0.00000312. The number of carbonyl (C=O) groups excluding carboxylic acids is 1. The van der Waals surface area contributed by atoms with Crippen molar-refractivity contribution in [3.05, 3.63) is 12.2 Å². The number of carbonyl (C=O) groups is 1. The largest absolute Gasteiger partial charge is 0.354 e. The lowest BCUT2D eigenvalue weighted by atomic mass is 9.85. The second-order valence-corrected chi connectivity index (χ2v) is 6.59. The van der Waals surface area contributed by atoms with Gasteiger partial charge in [-0.3, -0.25) is 14.5 Å². The summed E-state index contributed by atoms with van der Waals surface area (Å²) in [5.41, 5.74) is 0. The maximum Gasteiger partial charge on any atom is 0.223 e. The summed E-state index contributed by atoms with van der Waals surface area (Å²) in [5, 5.41) is 13.7. The highest BCUT2D eigenvalue weighted by Gasteiger charge is 2.28. The summed E-state index contributed by atoms with van der Waals surface area (Å²) in [6.45, 7) is 4.55. The Morgan fingerprint density at radius 3 is 2.80 bits per heavy atom. The summed E-state index contributed by atoms with van der Waals surface area (Å²) in [6, 6.07) is 0.444. The van der Waals surface area contributed by atoms with Gasteiger partial charge < -0.3 is 16.0 Å². The number of aromatic nitrogens is 3. The molecule has 1 aliphatic rings. The van der Waals surface area contributed by atoms with E-state index in [0.717, 1.165) is 37.5 Å². The first-order valence-electron chi connectivity index (χ1n) is 8.60. The van der Waals surface area contributed by atoms with Crippen molar-refractivity contribution in [2.24, 2.45) is 18.0 Å². The molecule has 0 radical (unpaired) electrons. The van der Waals surface area contributed by atoms with Gasteiger partial charge in [0, 0.05) is 32.1 Å². The number of hydrogen-bond donors (Lipinski definition) is 3. The van der Waals surface area contributed by atoms with Crippen molar-refractivity contribution in [3.63, 3.8) is 0 Å². The maximum atomic E-state index is 12.2. The summed E-state index contributed by atoms with van der Waals surface area (Å²) in [5.74, 6) is 1.82. The minimum absolute atomic E-state index is 0. The van der Waals surface area contributed by atoms with Gasteiger partial charge in [0.05, 0.1) is 6.54 Å². The highest BCUT2D eigenvalue weighted by Crippen LogP contribution is 2.24. The van der Waals surface area contributed by atoms with Crippen LogP contribution in [0.5, 0.6) is 0 Å². The van der Waals surface area contributed by atoms with Gasteiger partial charge in [-0.05, 0) is 33.1 Å². The van der Waals surface area contributed by atoms with Crippen LogP contribution in [0.4, 0.5) is 0 Å². The lowest BCUT2D eigenvalue weighted by molar-refractivity contribution is -0.126. The average molecular weight is 463 g/mol. The van der Waals surface area contributed by atoms with E-state index in [1.807, 2.05) is 20.9 Å². The molecule has 1 aliphatic carbocycles. The molecular formula is C16H30IN7O. The van der Waals surface area contributed by atoms with E-state index in [9.17, 15) is 4.79 Å². The molecular weight excluding hydrogens is 433 g/mol. The van der Waals surface area contributed by atoms with Crippen LogP contribution in [0.15, 0.2) is 11.3 Å². The molecule has 1 fully saturated rings. The van der Waals surface area contributed by atoms with Crippen molar-refractivity contribution in [1.29, 1.82) is 0 Å². The lowest BCUT2D eigenvalue weighted by Gasteiger charge is -2.30. The minimum Gasteiger partial charge on any atom is -0.354 e. The third-order valence-corrected chi connectivity index (χ3v) is 4.26. The zero-order valence-corrected chi connectivity index (χ0v) is 17.8. The van der Waals surface area contributed by atoms with Crippen LogP contribution >= 0.6 is 24.0 Å². The molecule has 8 nitrogen and oxygen atoms in total. The number of nitrogens with zero attached hydrogens (tertiary/aromatic N) is 4. The smallest absolute Gasteiger partial charge is 0.223 e. The highest BCUT2D eigenvalue weighted by molar-refractivity contribution is 14.0.